The number of piperidine rings is 1. The van der Waals surface area contributed by atoms with Crippen LogP contribution in [0.1, 0.15) is 19.8 Å². The van der Waals surface area contributed by atoms with E-state index in [2.05, 4.69) is 53.4 Å². The minimum absolute atomic E-state index is 0.490. The third-order valence-corrected chi connectivity index (χ3v) is 4.36. The highest BCUT2D eigenvalue weighted by Gasteiger charge is 2.22. The Morgan fingerprint density at radius 1 is 1.33 bits per heavy atom. The van der Waals surface area contributed by atoms with Crippen molar-refractivity contribution in [2.45, 2.75) is 25.8 Å². The first-order chi connectivity index (χ1) is 10.2. The highest BCUT2D eigenvalue weighted by Crippen LogP contribution is 2.24. The summed E-state index contributed by atoms with van der Waals surface area (Å²) in [5.41, 5.74) is 2.22. The number of rotatable bonds is 4. The molecule has 1 aromatic carbocycles. The summed E-state index contributed by atoms with van der Waals surface area (Å²) in [6.45, 7) is 4.70. The first kappa shape index (κ1) is 14.1. The lowest BCUT2D eigenvalue weighted by atomic mass is 9.91. The second-order valence-electron chi connectivity index (χ2n) is 6.04. The molecule has 3 rings (SSSR count). The number of hydrogen-bond donors (Lipinski definition) is 1. The molecule has 0 spiro atoms. The number of oxazole rings is 1. The summed E-state index contributed by atoms with van der Waals surface area (Å²) < 4.78 is 5.31. The zero-order chi connectivity index (χ0) is 14.7. The fourth-order valence-electron chi connectivity index (χ4n) is 3.08. The van der Waals surface area contributed by atoms with Crippen LogP contribution >= 0.6 is 0 Å². The molecule has 1 N–H and O–H groups in total. The normalized spacial score (nSPS) is 21.1. The molecule has 2 atom stereocenters. The third-order valence-electron chi connectivity index (χ3n) is 4.36. The number of nitrogens with zero attached hydrogens (tertiary/aromatic N) is 2. The van der Waals surface area contributed by atoms with Crippen LogP contribution in [-0.2, 0) is 0 Å². The van der Waals surface area contributed by atoms with E-state index in [4.69, 9.17) is 4.42 Å². The Morgan fingerprint density at radius 2 is 2.14 bits per heavy atom. The van der Waals surface area contributed by atoms with Gasteiger partial charge in [-0.3, -0.25) is 0 Å². The first-order valence-corrected chi connectivity index (χ1v) is 7.66. The zero-order valence-corrected chi connectivity index (χ0v) is 12.7. The van der Waals surface area contributed by atoms with E-state index >= 15 is 0 Å². The minimum atomic E-state index is 0.490. The van der Waals surface area contributed by atoms with Crippen molar-refractivity contribution >= 4 is 5.69 Å². The highest BCUT2D eigenvalue weighted by atomic mass is 16.3. The SMILES string of the molecule is CC(Nc1ccc(-c2cnco2)cc1)C1CCCN(C)C1. The quantitative estimate of drug-likeness (QED) is 0.933. The Morgan fingerprint density at radius 3 is 2.81 bits per heavy atom. The summed E-state index contributed by atoms with van der Waals surface area (Å²) in [6.07, 6.45) is 5.82. The molecule has 1 fully saturated rings. The predicted molar refractivity (Wildman–Crippen MR) is 85.2 cm³/mol. The van der Waals surface area contributed by atoms with Crippen LogP contribution in [0, 0.1) is 5.92 Å². The maximum Gasteiger partial charge on any atom is 0.181 e. The molecule has 1 aromatic heterocycles. The van der Waals surface area contributed by atoms with Gasteiger partial charge in [-0.05, 0) is 63.5 Å². The van der Waals surface area contributed by atoms with Gasteiger partial charge in [-0.15, -0.1) is 0 Å². The molecule has 2 aromatic rings. The highest BCUT2D eigenvalue weighted by molar-refractivity contribution is 5.60. The number of hydrogen-bond acceptors (Lipinski definition) is 4. The van der Waals surface area contributed by atoms with Gasteiger partial charge in [0, 0.05) is 23.8 Å². The third kappa shape index (κ3) is 3.45. The number of anilines is 1. The molecule has 4 heteroatoms. The van der Waals surface area contributed by atoms with Crippen molar-refractivity contribution in [2.24, 2.45) is 5.92 Å². The summed E-state index contributed by atoms with van der Waals surface area (Å²) >= 11 is 0. The summed E-state index contributed by atoms with van der Waals surface area (Å²) in [5.74, 6) is 1.53. The molecule has 0 amide bonds. The van der Waals surface area contributed by atoms with Gasteiger partial charge in [0.2, 0.25) is 0 Å². The van der Waals surface area contributed by atoms with E-state index in [1.165, 1.54) is 38.0 Å². The van der Waals surface area contributed by atoms with Crippen molar-refractivity contribution in [2.75, 3.05) is 25.5 Å². The Hall–Kier alpha value is -1.81. The standard InChI is InChI=1S/C17H23N3O/c1-13(15-4-3-9-20(2)11-15)19-16-7-5-14(6-8-16)17-10-18-12-21-17/h5-8,10,12-13,15,19H,3-4,9,11H2,1-2H3. The second-order valence-corrected chi connectivity index (χ2v) is 6.04. The van der Waals surface area contributed by atoms with Crippen molar-refractivity contribution in [3.05, 3.63) is 36.9 Å². The van der Waals surface area contributed by atoms with E-state index in [1.54, 1.807) is 6.20 Å². The fourth-order valence-corrected chi connectivity index (χ4v) is 3.08. The van der Waals surface area contributed by atoms with Crippen LogP contribution in [0.2, 0.25) is 0 Å². The monoisotopic (exact) mass is 285 g/mol. The van der Waals surface area contributed by atoms with Crippen molar-refractivity contribution in [1.82, 2.24) is 9.88 Å². The van der Waals surface area contributed by atoms with Crippen LogP contribution in [0.5, 0.6) is 0 Å². The van der Waals surface area contributed by atoms with Crippen LogP contribution in [0.25, 0.3) is 11.3 Å². The molecule has 1 aliphatic rings. The van der Waals surface area contributed by atoms with E-state index in [0.717, 1.165) is 17.2 Å². The van der Waals surface area contributed by atoms with Gasteiger partial charge in [0.15, 0.2) is 12.2 Å². The molecule has 0 aliphatic carbocycles. The smallest absolute Gasteiger partial charge is 0.181 e. The van der Waals surface area contributed by atoms with Crippen LogP contribution in [0.15, 0.2) is 41.3 Å². The van der Waals surface area contributed by atoms with Crippen molar-refractivity contribution in [1.29, 1.82) is 0 Å². The van der Waals surface area contributed by atoms with Crippen molar-refractivity contribution in [3.63, 3.8) is 0 Å². The topological polar surface area (TPSA) is 41.3 Å². The van der Waals surface area contributed by atoms with Gasteiger partial charge in [-0.2, -0.15) is 0 Å². The van der Waals surface area contributed by atoms with Crippen molar-refractivity contribution < 1.29 is 4.42 Å². The van der Waals surface area contributed by atoms with Gasteiger partial charge >= 0.3 is 0 Å². The summed E-state index contributed by atoms with van der Waals surface area (Å²) in [7, 11) is 2.21. The van der Waals surface area contributed by atoms with E-state index < -0.39 is 0 Å². The average Bonchev–Trinajstić information content (AvgIpc) is 3.02. The van der Waals surface area contributed by atoms with Crippen molar-refractivity contribution in [3.8, 4) is 11.3 Å². The van der Waals surface area contributed by atoms with Gasteiger partial charge in [-0.1, -0.05) is 0 Å². The Balaban J connectivity index is 1.62. The molecule has 1 aliphatic heterocycles. The summed E-state index contributed by atoms with van der Waals surface area (Å²) in [5, 5.41) is 3.63. The largest absolute Gasteiger partial charge is 0.444 e. The molecule has 4 nitrogen and oxygen atoms in total. The average molecular weight is 285 g/mol. The molecule has 0 radical (unpaired) electrons. The fraction of sp³-hybridized carbons (Fsp3) is 0.471. The minimum Gasteiger partial charge on any atom is -0.444 e. The molecule has 2 heterocycles. The summed E-state index contributed by atoms with van der Waals surface area (Å²) in [6, 6.07) is 8.86. The molecule has 0 bridgehead atoms. The van der Waals surface area contributed by atoms with Crippen LogP contribution in [-0.4, -0.2) is 36.1 Å². The van der Waals surface area contributed by atoms with E-state index in [0.29, 0.717) is 6.04 Å². The molecular weight excluding hydrogens is 262 g/mol. The van der Waals surface area contributed by atoms with E-state index in [9.17, 15) is 0 Å². The van der Waals surface area contributed by atoms with Crippen LogP contribution in [0.3, 0.4) is 0 Å². The Bertz CT molecular complexity index is 550. The first-order valence-electron chi connectivity index (χ1n) is 7.66. The molecule has 1 saturated heterocycles. The lowest BCUT2D eigenvalue weighted by Crippen LogP contribution is -2.39. The van der Waals surface area contributed by atoms with E-state index in [1.807, 2.05) is 0 Å². The van der Waals surface area contributed by atoms with Crippen LogP contribution in [0.4, 0.5) is 5.69 Å². The molecule has 0 saturated carbocycles. The maximum absolute atomic E-state index is 5.31. The lowest BCUT2D eigenvalue weighted by Gasteiger charge is -2.34. The number of aromatic nitrogens is 1. The van der Waals surface area contributed by atoms with E-state index in [-0.39, 0.29) is 0 Å². The molecule has 21 heavy (non-hydrogen) atoms. The second kappa shape index (κ2) is 6.31. The lowest BCUT2D eigenvalue weighted by molar-refractivity contribution is 0.197. The number of likely N-dealkylation sites (tertiary alicyclic amines) is 1. The number of benzene rings is 1. The zero-order valence-electron chi connectivity index (χ0n) is 12.7. The maximum atomic E-state index is 5.31. The Labute approximate surface area is 126 Å². The van der Waals surface area contributed by atoms with Gasteiger partial charge in [0.1, 0.15) is 0 Å². The van der Waals surface area contributed by atoms with Gasteiger partial charge in [0.25, 0.3) is 0 Å². The van der Waals surface area contributed by atoms with Gasteiger partial charge in [-0.25, -0.2) is 4.98 Å². The summed E-state index contributed by atoms with van der Waals surface area (Å²) in [4.78, 5) is 6.38. The van der Waals surface area contributed by atoms with Crippen LogP contribution < -0.4 is 5.32 Å². The predicted octanol–water partition coefficient (Wildman–Crippen LogP) is 3.48. The van der Waals surface area contributed by atoms with Gasteiger partial charge in [0.05, 0.1) is 6.20 Å². The van der Waals surface area contributed by atoms with Gasteiger partial charge < -0.3 is 14.6 Å². The number of nitrogens with one attached hydrogen (secondary N) is 1. The molecule has 2 unspecified atom stereocenters. The Kier molecular flexibility index (Phi) is 4.25. The molecular formula is C17H23N3O. The molecule has 112 valence electrons.